The number of carbonyl (C=O) groups is 1. The summed E-state index contributed by atoms with van der Waals surface area (Å²) in [5, 5.41) is 0.934. The summed E-state index contributed by atoms with van der Waals surface area (Å²) in [5.74, 6) is 0.338. The third-order valence-electron chi connectivity index (χ3n) is 7.70. The molecule has 1 aromatic carbocycles. The number of likely N-dealkylation sites (N-methyl/N-ethyl adjacent to an activating group) is 1. The van der Waals surface area contributed by atoms with Gasteiger partial charge in [0.2, 0.25) is 11.8 Å². The molecule has 4 aromatic rings. The molecule has 0 radical (unpaired) electrons. The van der Waals surface area contributed by atoms with E-state index in [9.17, 15) is 13.2 Å². The minimum Gasteiger partial charge on any atom is -0.476 e. The van der Waals surface area contributed by atoms with Gasteiger partial charge >= 0.3 is 0 Å². The fourth-order valence-corrected chi connectivity index (χ4v) is 7.37. The van der Waals surface area contributed by atoms with E-state index >= 15 is 0 Å². The lowest BCUT2D eigenvalue weighted by atomic mass is 9.64. The number of thiazole rings is 1. The Labute approximate surface area is 237 Å². The quantitative estimate of drug-likeness (QED) is 0.293. The Morgan fingerprint density at radius 1 is 1.12 bits per heavy atom. The third-order valence-corrected chi connectivity index (χ3v) is 10.3. The molecule has 40 heavy (non-hydrogen) atoms. The predicted octanol–water partition coefficient (Wildman–Crippen LogP) is 4.28. The Hall–Kier alpha value is -3.61. The van der Waals surface area contributed by atoms with Gasteiger partial charge in [-0.05, 0) is 57.1 Å². The average Bonchev–Trinajstić information content (AvgIpc) is 3.53. The number of sulfonamides is 1. The minimum atomic E-state index is -3.88. The molecule has 10 nitrogen and oxygen atoms in total. The number of pyridine rings is 2. The fourth-order valence-electron chi connectivity index (χ4n) is 5.53. The molecule has 0 bridgehead atoms. The normalized spacial score (nSPS) is 16.0. The van der Waals surface area contributed by atoms with Crippen LogP contribution in [0.4, 0.5) is 11.4 Å². The van der Waals surface area contributed by atoms with Crippen molar-refractivity contribution in [2.45, 2.75) is 35.3 Å². The van der Waals surface area contributed by atoms with Crippen molar-refractivity contribution in [3.63, 3.8) is 0 Å². The number of benzene rings is 1. The van der Waals surface area contributed by atoms with Crippen LogP contribution >= 0.6 is 11.3 Å². The lowest BCUT2D eigenvalue weighted by Gasteiger charge is -2.37. The zero-order valence-corrected chi connectivity index (χ0v) is 24.2. The maximum Gasteiger partial charge on any atom is 0.273 e. The van der Waals surface area contributed by atoms with Crippen molar-refractivity contribution in [3.8, 4) is 17.0 Å². The largest absolute Gasteiger partial charge is 0.476 e. The summed E-state index contributed by atoms with van der Waals surface area (Å²) >= 11 is 1.03. The summed E-state index contributed by atoms with van der Waals surface area (Å²) in [6.07, 6.45) is 8.22. The van der Waals surface area contributed by atoms with Crippen LogP contribution in [0, 0.1) is 0 Å². The van der Waals surface area contributed by atoms with Crippen LogP contribution in [-0.4, -0.2) is 68.5 Å². The van der Waals surface area contributed by atoms with Gasteiger partial charge < -0.3 is 14.5 Å². The van der Waals surface area contributed by atoms with Gasteiger partial charge in [-0.15, -0.1) is 11.3 Å². The number of nitrogens with one attached hydrogen (secondary N) is 1. The van der Waals surface area contributed by atoms with E-state index in [-0.39, 0.29) is 21.7 Å². The monoisotopic (exact) mass is 578 g/mol. The Balaban J connectivity index is 1.40. The van der Waals surface area contributed by atoms with Crippen LogP contribution in [-0.2, 0) is 20.2 Å². The van der Waals surface area contributed by atoms with E-state index in [1.54, 1.807) is 23.4 Å². The van der Waals surface area contributed by atoms with Gasteiger partial charge in [-0.3, -0.25) is 19.5 Å². The maximum absolute atomic E-state index is 13.2. The van der Waals surface area contributed by atoms with Gasteiger partial charge in [0.15, 0.2) is 4.21 Å². The van der Waals surface area contributed by atoms with Crippen molar-refractivity contribution < 1.29 is 17.9 Å². The molecule has 12 heteroatoms. The first-order chi connectivity index (χ1) is 19.2. The van der Waals surface area contributed by atoms with Crippen LogP contribution in [0.5, 0.6) is 5.88 Å². The van der Waals surface area contributed by atoms with E-state index in [2.05, 4.69) is 24.6 Å². The Kier molecular flexibility index (Phi) is 6.71. The van der Waals surface area contributed by atoms with E-state index in [1.807, 2.05) is 39.3 Å². The molecule has 1 aliphatic carbocycles. The summed E-state index contributed by atoms with van der Waals surface area (Å²) in [4.78, 5) is 30.1. The number of fused-ring (bicyclic) bond motifs is 4. The smallest absolute Gasteiger partial charge is 0.273 e. The van der Waals surface area contributed by atoms with Crippen molar-refractivity contribution in [1.29, 1.82) is 0 Å². The van der Waals surface area contributed by atoms with Crippen molar-refractivity contribution in [1.82, 2.24) is 19.9 Å². The van der Waals surface area contributed by atoms with E-state index in [0.29, 0.717) is 12.2 Å². The molecule has 1 saturated carbocycles. The highest BCUT2D eigenvalue weighted by molar-refractivity contribution is 7.94. The molecule has 4 heterocycles. The molecular formula is C28H30N6O4S2. The van der Waals surface area contributed by atoms with Crippen LogP contribution in [0.2, 0.25) is 0 Å². The summed E-state index contributed by atoms with van der Waals surface area (Å²) in [6.45, 7) is 1.21. The summed E-state index contributed by atoms with van der Waals surface area (Å²) in [6, 6.07) is 7.64. The van der Waals surface area contributed by atoms with Crippen LogP contribution in [0.15, 0.2) is 52.6 Å². The standard InChI is InChI=1S/C28H30N6O4S2/c1-33(2)10-5-11-38-26-22(32-40(36,37)24-16-29-17-39-24)13-19(14-31-26)18-6-7-21-20(12-18)25-23(15-30-21)34(3)27(35)28(25)8-4-9-28/h6-7,12-17,32H,4-5,8-11H2,1-3H3. The van der Waals surface area contributed by atoms with Gasteiger partial charge in [-0.25, -0.2) is 13.4 Å². The second-order valence-corrected chi connectivity index (χ2v) is 13.4. The van der Waals surface area contributed by atoms with Crippen LogP contribution < -0.4 is 14.4 Å². The highest BCUT2D eigenvalue weighted by Crippen LogP contribution is 2.55. The molecule has 2 aliphatic rings. The second kappa shape index (κ2) is 10.1. The number of amides is 1. The van der Waals surface area contributed by atoms with Crippen molar-refractivity contribution in [3.05, 3.63) is 53.9 Å². The second-order valence-electron chi connectivity index (χ2n) is 10.6. The molecule has 1 fully saturated rings. The number of carbonyl (C=O) groups excluding carboxylic acids is 1. The molecule has 0 saturated heterocycles. The number of ether oxygens (including phenoxy) is 1. The van der Waals surface area contributed by atoms with Crippen molar-refractivity contribution in [2.75, 3.05) is 43.9 Å². The number of hydrogen-bond donors (Lipinski definition) is 1. The highest BCUT2D eigenvalue weighted by atomic mass is 32.2. The Morgan fingerprint density at radius 3 is 2.65 bits per heavy atom. The number of nitrogens with zero attached hydrogens (tertiary/aromatic N) is 5. The minimum absolute atomic E-state index is 0.100. The van der Waals surface area contributed by atoms with Crippen molar-refractivity contribution >= 4 is 49.5 Å². The molecular weight excluding hydrogens is 548 g/mol. The first-order valence-electron chi connectivity index (χ1n) is 13.1. The third kappa shape index (κ3) is 4.49. The predicted molar refractivity (Wildman–Crippen MR) is 156 cm³/mol. The molecule has 1 spiro atoms. The van der Waals surface area contributed by atoms with Gasteiger partial charge in [0.1, 0.15) is 5.69 Å². The molecule has 1 N–H and O–H groups in total. The van der Waals surface area contributed by atoms with Gasteiger partial charge in [-0.2, -0.15) is 0 Å². The van der Waals surface area contributed by atoms with Gasteiger partial charge in [0, 0.05) is 36.3 Å². The van der Waals surface area contributed by atoms with E-state index in [0.717, 1.165) is 71.3 Å². The summed E-state index contributed by atoms with van der Waals surface area (Å²) < 4.78 is 34.8. The highest BCUT2D eigenvalue weighted by Gasteiger charge is 2.54. The van der Waals surface area contributed by atoms with Gasteiger partial charge in [0.25, 0.3) is 10.0 Å². The molecule has 0 atom stereocenters. The molecule has 0 unspecified atom stereocenters. The van der Waals surface area contributed by atoms with E-state index in [1.165, 1.54) is 11.7 Å². The van der Waals surface area contributed by atoms with Gasteiger partial charge in [-0.1, -0.05) is 12.5 Å². The van der Waals surface area contributed by atoms with E-state index < -0.39 is 15.4 Å². The van der Waals surface area contributed by atoms with Gasteiger partial charge in [0.05, 0.1) is 41.1 Å². The molecule has 6 rings (SSSR count). The summed E-state index contributed by atoms with van der Waals surface area (Å²) in [7, 11) is 1.90. The number of aromatic nitrogens is 3. The van der Waals surface area contributed by atoms with Crippen LogP contribution in [0.25, 0.3) is 22.0 Å². The van der Waals surface area contributed by atoms with E-state index in [4.69, 9.17) is 4.74 Å². The molecule has 1 aliphatic heterocycles. The lowest BCUT2D eigenvalue weighted by molar-refractivity contribution is -0.125. The number of hydrogen-bond acceptors (Lipinski definition) is 9. The summed E-state index contributed by atoms with van der Waals surface area (Å²) in [5.41, 5.74) is 5.49. The maximum atomic E-state index is 13.2. The SMILES string of the molecule is CN(C)CCCOc1ncc(-c2ccc3ncc4c(c3c2)C2(CCC2)C(=O)N4C)cc1NS(=O)(=O)c1cncs1. The first-order valence-corrected chi connectivity index (χ1v) is 15.5. The zero-order chi connectivity index (χ0) is 28.1. The molecule has 3 aromatic heterocycles. The topological polar surface area (TPSA) is 118 Å². The molecule has 208 valence electrons. The fraction of sp³-hybridized carbons (Fsp3) is 0.357. The number of rotatable bonds is 9. The average molecular weight is 579 g/mol. The lowest BCUT2D eigenvalue weighted by Crippen LogP contribution is -2.43. The Bertz CT molecular complexity index is 1700. The van der Waals surface area contributed by atoms with Crippen LogP contribution in [0.3, 0.4) is 0 Å². The number of anilines is 2. The Morgan fingerprint density at radius 2 is 1.95 bits per heavy atom. The van der Waals surface area contributed by atoms with Crippen LogP contribution in [0.1, 0.15) is 31.2 Å². The zero-order valence-electron chi connectivity index (χ0n) is 22.5. The first kappa shape index (κ1) is 26.6. The van der Waals surface area contributed by atoms with Crippen molar-refractivity contribution in [2.24, 2.45) is 0 Å². The molecule has 1 amide bonds.